The zero-order valence-electron chi connectivity index (χ0n) is 32.7. The Labute approximate surface area is 314 Å². The Morgan fingerprint density at radius 3 is 2.10 bits per heavy atom. The smallest absolute Gasteiger partial charge is 0.309 e. The molecular formula is C38H65IO11. The van der Waals surface area contributed by atoms with Crippen molar-refractivity contribution in [1.29, 1.82) is 0 Å². The van der Waals surface area contributed by atoms with Crippen LogP contribution in [0.2, 0.25) is 0 Å². The van der Waals surface area contributed by atoms with Crippen LogP contribution in [-0.4, -0.2) is 96.3 Å². The van der Waals surface area contributed by atoms with Crippen molar-refractivity contribution in [2.45, 2.75) is 137 Å². The van der Waals surface area contributed by atoms with Crippen LogP contribution in [0.25, 0.3) is 0 Å². The van der Waals surface area contributed by atoms with Crippen molar-refractivity contribution >= 4 is 44.1 Å². The highest BCUT2D eigenvalue weighted by Crippen LogP contribution is 2.50. The molecule has 1 N–H and O–H groups in total. The lowest BCUT2D eigenvalue weighted by molar-refractivity contribution is -0.235. The van der Waals surface area contributed by atoms with Crippen molar-refractivity contribution in [2.75, 3.05) is 34.0 Å². The van der Waals surface area contributed by atoms with Crippen LogP contribution in [0.1, 0.15) is 102 Å². The number of halogens is 1. The van der Waals surface area contributed by atoms with Crippen molar-refractivity contribution < 1.29 is 52.7 Å². The fourth-order valence-electron chi connectivity index (χ4n) is 8.89. The van der Waals surface area contributed by atoms with Gasteiger partial charge in [-0.2, -0.15) is 0 Å². The Balaban J connectivity index is 2.83. The number of methoxy groups -OCH3 is 2. The highest BCUT2D eigenvalue weighted by atomic mass is 127. The summed E-state index contributed by atoms with van der Waals surface area (Å²) in [6.45, 7) is 21.0. The second-order valence-electron chi connectivity index (χ2n) is 15.7. The topological polar surface area (TPSA) is 144 Å². The molecule has 12 heteroatoms. The molecule has 0 radical (unpaired) electrons. The molecule has 50 heavy (non-hydrogen) atoms. The Bertz CT molecular complexity index is 1170. The van der Waals surface area contributed by atoms with Gasteiger partial charge in [-0.05, 0) is 51.9 Å². The lowest BCUT2D eigenvalue weighted by Gasteiger charge is -2.51. The predicted octanol–water partition coefficient (Wildman–Crippen LogP) is 5.98. The SMILES string of the molecule is CC[C@H]1OC(=O)[C@H](C)[C@@H](C2C[C@@](C)(OC)[C@@H](O)[C@H](C)O2)[C@H](C)[C@@H](C)[C@](C)(C(=O)I)C[C@@H](C)C(=O)[C@H](C)[C@@H](CCOCCOC)[C@]1(C)OC(C)=O. The van der Waals surface area contributed by atoms with E-state index in [2.05, 4.69) is 0 Å². The van der Waals surface area contributed by atoms with Gasteiger partial charge in [-0.3, -0.25) is 19.2 Å². The fourth-order valence-corrected chi connectivity index (χ4v) is 9.60. The summed E-state index contributed by atoms with van der Waals surface area (Å²) in [6, 6.07) is 0. The van der Waals surface area contributed by atoms with E-state index in [1.807, 2.05) is 78.0 Å². The highest BCUT2D eigenvalue weighted by molar-refractivity contribution is 14.1. The zero-order chi connectivity index (χ0) is 38.4. The van der Waals surface area contributed by atoms with Gasteiger partial charge in [0.15, 0.2) is 3.79 Å². The van der Waals surface area contributed by atoms with E-state index in [4.69, 9.17) is 28.4 Å². The summed E-state index contributed by atoms with van der Waals surface area (Å²) in [5.41, 5.74) is -3.26. The van der Waals surface area contributed by atoms with Crippen LogP contribution in [0, 0.1) is 46.8 Å². The summed E-state index contributed by atoms with van der Waals surface area (Å²) < 4.78 is 35.8. The second-order valence-corrected chi connectivity index (χ2v) is 16.6. The van der Waals surface area contributed by atoms with Crippen molar-refractivity contribution in [3.05, 3.63) is 0 Å². The Hall–Kier alpha value is -1.19. The lowest BCUT2D eigenvalue weighted by atomic mass is 9.61. The van der Waals surface area contributed by atoms with Gasteiger partial charge in [0.25, 0.3) is 0 Å². The van der Waals surface area contributed by atoms with E-state index in [1.165, 1.54) is 6.92 Å². The van der Waals surface area contributed by atoms with Crippen LogP contribution in [0.5, 0.6) is 0 Å². The van der Waals surface area contributed by atoms with Gasteiger partial charge in [0.05, 0.1) is 36.9 Å². The molecule has 0 saturated carbocycles. The summed E-state index contributed by atoms with van der Waals surface area (Å²) in [4.78, 5) is 55.3. The number of carbonyl (C=O) groups excluding carboxylic acids is 4. The minimum Gasteiger partial charge on any atom is -0.458 e. The zero-order valence-corrected chi connectivity index (χ0v) is 34.9. The molecule has 0 aliphatic carbocycles. The van der Waals surface area contributed by atoms with Gasteiger partial charge in [0, 0.05) is 85.8 Å². The standard InChI is InChI=1S/C38H65IO11/c1-14-30-38(11,50-27(8)40)28(15-16-47-18-17-45-12)23(4)32(41)21(2)19-36(9,35(39)44)25(6)22(3)31(24(5)34(43)49-30)29-20-37(10,46-13)33(42)26(7)48-29/h21-26,28-31,33,42H,14-20H2,1-13H3/t21-,22-,23-,24-,25-,26+,28-,29?,30-,31+,33+,36-,37-,38+/m1/s1. The van der Waals surface area contributed by atoms with E-state index < -0.39 is 82.6 Å². The van der Waals surface area contributed by atoms with Crippen LogP contribution in [0.4, 0.5) is 0 Å². The van der Waals surface area contributed by atoms with Crippen LogP contribution in [0.15, 0.2) is 0 Å². The Kier molecular flexibility index (Phi) is 16.8. The molecule has 0 aromatic rings. The lowest BCUT2D eigenvalue weighted by Crippen LogP contribution is -2.59. The summed E-state index contributed by atoms with van der Waals surface area (Å²) >= 11 is 1.85. The van der Waals surface area contributed by atoms with Crippen LogP contribution in [-0.2, 0) is 47.6 Å². The van der Waals surface area contributed by atoms with Gasteiger partial charge in [-0.1, -0.05) is 48.5 Å². The molecule has 1 unspecified atom stereocenters. The molecule has 2 saturated heterocycles. The maximum absolute atomic E-state index is 14.5. The molecule has 11 nitrogen and oxygen atoms in total. The van der Waals surface area contributed by atoms with Crippen molar-refractivity contribution in [1.82, 2.24) is 0 Å². The number of ether oxygens (including phenoxy) is 6. The second kappa shape index (κ2) is 18.7. The molecule has 2 heterocycles. The predicted molar refractivity (Wildman–Crippen MR) is 198 cm³/mol. The van der Waals surface area contributed by atoms with Gasteiger partial charge in [0.2, 0.25) is 0 Å². The average Bonchev–Trinajstić information content (AvgIpc) is 3.05. The molecule has 14 atom stereocenters. The molecule has 2 aliphatic rings. The Morgan fingerprint density at radius 1 is 0.960 bits per heavy atom. The normalized spacial score (nSPS) is 42.3. The van der Waals surface area contributed by atoms with Gasteiger partial charge in [-0.25, -0.2) is 0 Å². The first kappa shape index (κ1) is 45.0. The van der Waals surface area contributed by atoms with Crippen LogP contribution >= 0.6 is 22.6 Å². The third-order valence-electron chi connectivity index (χ3n) is 12.4. The first-order chi connectivity index (χ1) is 23.2. The van der Waals surface area contributed by atoms with Gasteiger partial charge in [-0.15, -0.1) is 0 Å². The maximum Gasteiger partial charge on any atom is 0.309 e. The number of rotatable bonds is 11. The number of cyclic esters (lactones) is 1. The molecule has 0 aromatic heterocycles. The summed E-state index contributed by atoms with van der Waals surface area (Å²) in [6.07, 6.45) is -1.62. The summed E-state index contributed by atoms with van der Waals surface area (Å²) in [5.74, 6) is -4.58. The summed E-state index contributed by atoms with van der Waals surface area (Å²) in [5, 5.41) is 11.0. The third-order valence-corrected chi connectivity index (χ3v) is 13.6. The monoisotopic (exact) mass is 824 g/mol. The van der Waals surface area contributed by atoms with Crippen molar-refractivity contribution in [3.63, 3.8) is 0 Å². The molecule has 2 rings (SSSR count). The van der Waals surface area contributed by atoms with Gasteiger partial charge < -0.3 is 33.5 Å². The molecule has 290 valence electrons. The molecule has 0 spiro atoms. The Morgan fingerprint density at radius 2 is 1.58 bits per heavy atom. The molecule has 0 aromatic carbocycles. The number of hydrogen-bond acceptors (Lipinski definition) is 11. The van der Waals surface area contributed by atoms with E-state index >= 15 is 0 Å². The number of aliphatic hydroxyl groups is 1. The quantitative estimate of drug-likeness (QED) is 0.114. The highest BCUT2D eigenvalue weighted by Gasteiger charge is 2.55. The number of carbonyl (C=O) groups is 4. The first-order valence-electron chi connectivity index (χ1n) is 18.3. The fraction of sp³-hybridized carbons (Fsp3) is 0.895. The van der Waals surface area contributed by atoms with Gasteiger partial charge in [0.1, 0.15) is 23.6 Å². The number of aliphatic hydroxyl groups excluding tert-OH is 1. The average molecular weight is 825 g/mol. The van der Waals surface area contributed by atoms with E-state index in [9.17, 15) is 24.3 Å². The van der Waals surface area contributed by atoms with Crippen molar-refractivity contribution in [3.8, 4) is 0 Å². The van der Waals surface area contributed by atoms with Crippen LogP contribution in [0.3, 0.4) is 0 Å². The van der Waals surface area contributed by atoms with Crippen molar-refractivity contribution in [2.24, 2.45) is 46.8 Å². The van der Waals surface area contributed by atoms with E-state index in [-0.39, 0.29) is 28.0 Å². The van der Waals surface area contributed by atoms with E-state index in [1.54, 1.807) is 28.1 Å². The number of esters is 2. The molecule has 2 aliphatic heterocycles. The minimum atomic E-state index is -1.38. The van der Waals surface area contributed by atoms with E-state index in [0.29, 0.717) is 38.9 Å². The molecular weight excluding hydrogens is 759 g/mol. The largest absolute Gasteiger partial charge is 0.458 e. The number of hydrogen-bond donors (Lipinski definition) is 1. The van der Waals surface area contributed by atoms with Crippen LogP contribution < -0.4 is 0 Å². The van der Waals surface area contributed by atoms with E-state index in [0.717, 1.165) is 0 Å². The molecule has 0 amide bonds. The number of ketones is 1. The first-order valence-corrected chi connectivity index (χ1v) is 19.3. The van der Waals surface area contributed by atoms with Gasteiger partial charge >= 0.3 is 11.9 Å². The molecule has 0 bridgehead atoms. The summed E-state index contributed by atoms with van der Waals surface area (Å²) in [7, 11) is 3.14. The number of Topliss-reactive ketones (excluding diaryl/α,β-unsaturated/α-hetero) is 1. The maximum atomic E-state index is 14.5. The third kappa shape index (κ3) is 9.86. The minimum absolute atomic E-state index is 0.0635. The molecule has 2 fully saturated rings.